The van der Waals surface area contributed by atoms with Gasteiger partial charge in [-0.1, -0.05) is 18.9 Å². The smallest absolute Gasteiger partial charge is 0.228 e. The second-order valence-electron chi connectivity index (χ2n) is 5.84. The van der Waals surface area contributed by atoms with Crippen molar-refractivity contribution in [3.05, 3.63) is 30.1 Å². The van der Waals surface area contributed by atoms with Crippen LogP contribution in [0.4, 0.5) is 0 Å². The number of hydrogen-bond acceptors (Lipinski definition) is 2. The second kappa shape index (κ2) is 5.72. The number of piperidine rings is 1. The first kappa shape index (κ1) is 12.6. The van der Waals surface area contributed by atoms with Gasteiger partial charge in [-0.05, 0) is 43.7 Å². The van der Waals surface area contributed by atoms with E-state index in [2.05, 4.69) is 9.88 Å². The summed E-state index contributed by atoms with van der Waals surface area (Å²) in [5.41, 5.74) is 0.894. The lowest BCUT2D eigenvalue weighted by Crippen LogP contribution is -2.50. The number of nitrogens with zero attached hydrogens (tertiary/aromatic N) is 2. The van der Waals surface area contributed by atoms with Crippen LogP contribution in [-0.2, 0) is 11.2 Å². The molecule has 2 fully saturated rings. The molecule has 0 radical (unpaired) electrons. The Balaban J connectivity index is 1.68. The van der Waals surface area contributed by atoms with Crippen molar-refractivity contribution in [1.29, 1.82) is 0 Å². The normalized spacial score (nSPS) is 26.8. The van der Waals surface area contributed by atoms with Crippen LogP contribution in [-0.4, -0.2) is 28.4 Å². The lowest BCUT2D eigenvalue weighted by atomic mass is 9.78. The van der Waals surface area contributed by atoms with E-state index < -0.39 is 0 Å². The maximum atomic E-state index is 12.5. The molecule has 102 valence electrons. The molecule has 0 aromatic carbocycles. The highest BCUT2D eigenvalue weighted by Crippen LogP contribution is 2.35. The van der Waals surface area contributed by atoms with Crippen LogP contribution in [0.15, 0.2) is 24.4 Å². The molecular weight excluding hydrogens is 236 g/mol. The van der Waals surface area contributed by atoms with E-state index in [0.717, 1.165) is 18.2 Å². The summed E-state index contributed by atoms with van der Waals surface area (Å²) < 4.78 is 0. The summed E-state index contributed by atoms with van der Waals surface area (Å²) >= 11 is 0. The number of rotatable bonds is 2. The molecule has 1 saturated heterocycles. The van der Waals surface area contributed by atoms with E-state index >= 15 is 0 Å². The van der Waals surface area contributed by atoms with Gasteiger partial charge in [0.15, 0.2) is 0 Å². The number of carbonyl (C=O) groups excluding carboxylic acids is 1. The molecule has 1 aromatic rings. The van der Waals surface area contributed by atoms with Gasteiger partial charge in [0.05, 0.1) is 6.42 Å². The Labute approximate surface area is 115 Å². The molecule has 0 N–H and O–H groups in total. The first-order valence-electron chi connectivity index (χ1n) is 7.54. The maximum Gasteiger partial charge on any atom is 0.228 e. The van der Waals surface area contributed by atoms with Crippen LogP contribution >= 0.6 is 0 Å². The van der Waals surface area contributed by atoms with Gasteiger partial charge in [0.25, 0.3) is 0 Å². The van der Waals surface area contributed by atoms with Crippen LogP contribution in [0.25, 0.3) is 0 Å². The number of pyridine rings is 1. The van der Waals surface area contributed by atoms with E-state index in [1.165, 1.54) is 38.5 Å². The maximum absolute atomic E-state index is 12.5. The molecule has 1 amide bonds. The SMILES string of the molecule is O=C(Cc1ccccn1)N1CCCC2CCCCC21. The summed E-state index contributed by atoms with van der Waals surface area (Å²) in [7, 11) is 0. The number of amides is 1. The number of hydrogen-bond donors (Lipinski definition) is 0. The van der Waals surface area contributed by atoms with Gasteiger partial charge in [0, 0.05) is 24.5 Å². The molecule has 3 rings (SSSR count). The van der Waals surface area contributed by atoms with Crippen molar-refractivity contribution in [3.8, 4) is 0 Å². The van der Waals surface area contributed by atoms with Gasteiger partial charge >= 0.3 is 0 Å². The largest absolute Gasteiger partial charge is 0.339 e. The van der Waals surface area contributed by atoms with Crippen LogP contribution in [0, 0.1) is 5.92 Å². The van der Waals surface area contributed by atoms with Crippen molar-refractivity contribution in [2.45, 2.75) is 51.0 Å². The van der Waals surface area contributed by atoms with E-state index in [9.17, 15) is 4.79 Å². The molecule has 19 heavy (non-hydrogen) atoms. The van der Waals surface area contributed by atoms with Crippen LogP contribution in [0.3, 0.4) is 0 Å². The summed E-state index contributed by atoms with van der Waals surface area (Å²) in [6.45, 7) is 0.951. The van der Waals surface area contributed by atoms with Gasteiger partial charge in [-0.25, -0.2) is 0 Å². The van der Waals surface area contributed by atoms with Gasteiger partial charge in [-0.15, -0.1) is 0 Å². The number of carbonyl (C=O) groups is 1. The van der Waals surface area contributed by atoms with Crippen LogP contribution < -0.4 is 0 Å². The molecular formula is C16H22N2O. The third kappa shape index (κ3) is 2.80. The predicted octanol–water partition coefficient (Wildman–Crippen LogP) is 2.81. The minimum atomic E-state index is 0.273. The Morgan fingerprint density at radius 1 is 1.21 bits per heavy atom. The first-order chi connectivity index (χ1) is 9.34. The molecule has 2 unspecified atom stereocenters. The van der Waals surface area contributed by atoms with Crippen LogP contribution in [0.1, 0.15) is 44.2 Å². The number of likely N-dealkylation sites (tertiary alicyclic amines) is 1. The third-order valence-electron chi connectivity index (χ3n) is 4.62. The van der Waals surface area contributed by atoms with Crippen molar-refractivity contribution in [3.63, 3.8) is 0 Å². The molecule has 2 aliphatic rings. The Morgan fingerprint density at radius 3 is 2.89 bits per heavy atom. The summed E-state index contributed by atoms with van der Waals surface area (Å²) in [6, 6.07) is 6.31. The predicted molar refractivity (Wildman–Crippen MR) is 74.6 cm³/mol. The van der Waals surface area contributed by atoms with Crippen LogP contribution in [0.2, 0.25) is 0 Å². The van der Waals surface area contributed by atoms with E-state index in [1.54, 1.807) is 6.20 Å². The summed E-state index contributed by atoms with van der Waals surface area (Å²) in [5.74, 6) is 1.03. The lowest BCUT2D eigenvalue weighted by Gasteiger charge is -2.44. The third-order valence-corrected chi connectivity index (χ3v) is 4.62. The lowest BCUT2D eigenvalue weighted by molar-refractivity contribution is -0.136. The van der Waals surface area contributed by atoms with E-state index in [-0.39, 0.29) is 5.91 Å². The van der Waals surface area contributed by atoms with Gasteiger partial charge < -0.3 is 4.90 Å². The molecule has 2 heterocycles. The van der Waals surface area contributed by atoms with Gasteiger partial charge in [0.2, 0.25) is 5.91 Å². The summed E-state index contributed by atoms with van der Waals surface area (Å²) in [6.07, 6.45) is 9.88. The van der Waals surface area contributed by atoms with Crippen molar-refractivity contribution in [1.82, 2.24) is 9.88 Å². The zero-order valence-electron chi connectivity index (χ0n) is 11.4. The first-order valence-corrected chi connectivity index (χ1v) is 7.54. The molecule has 1 aliphatic carbocycles. The zero-order valence-corrected chi connectivity index (χ0v) is 11.4. The fourth-order valence-corrected chi connectivity index (χ4v) is 3.69. The molecule has 1 aromatic heterocycles. The molecule has 1 aliphatic heterocycles. The average Bonchev–Trinajstić information content (AvgIpc) is 2.47. The van der Waals surface area contributed by atoms with E-state index in [0.29, 0.717) is 12.5 Å². The second-order valence-corrected chi connectivity index (χ2v) is 5.84. The Bertz CT molecular complexity index is 430. The van der Waals surface area contributed by atoms with Crippen LogP contribution in [0.5, 0.6) is 0 Å². The highest BCUT2D eigenvalue weighted by atomic mass is 16.2. The van der Waals surface area contributed by atoms with Crippen molar-refractivity contribution >= 4 is 5.91 Å². The minimum Gasteiger partial charge on any atom is -0.339 e. The minimum absolute atomic E-state index is 0.273. The molecule has 3 nitrogen and oxygen atoms in total. The molecule has 1 saturated carbocycles. The standard InChI is InChI=1S/C16H22N2O/c19-16(12-14-8-3-4-10-17-14)18-11-5-7-13-6-1-2-9-15(13)18/h3-4,8,10,13,15H,1-2,5-7,9,11-12H2. The van der Waals surface area contributed by atoms with Gasteiger partial charge in [-0.2, -0.15) is 0 Å². The Kier molecular flexibility index (Phi) is 3.81. The van der Waals surface area contributed by atoms with E-state index in [1.807, 2.05) is 18.2 Å². The average molecular weight is 258 g/mol. The number of fused-ring (bicyclic) bond motifs is 1. The topological polar surface area (TPSA) is 33.2 Å². The van der Waals surface area contributed by atoms with E-state index in [4.69, 9.17) is 0 Å². The Morgan fingerprint density at radius 2 is 2.05 bits per heavy atom. The molecule has 3 heteroatoms. The zero-order chi connectivity index (χ0) is 13.1. The monoisotopic (exact) mass is 258 g/mol. The number of aromatic nitrogens is 1. The highest BCUT2D eigenvalue weighted by molar-refractivity contribution is 5.78. The highest BCUT2D eigenvalue weighted by Gasteiger charge is 2.35. The van der Waals surface area contributed by atoms with Crippen molar-refractivity contribution < 1.29 is 4.79 Å². The van der Waals surface area contributed by atoms with Crippen molar-refractivity contribution in [2.75, 3.05) is 6.54 Å². The fourth-order valence-electron chi connectivity index (χ4n) is 3.69. The van der Waals surface area contributed by atoms with Crippen molar-refractivity contribution in [2.24, 2.45) is 5.92 Å². The Hall–Kier alpha value is -1.38. The molecule has 0 bridgehead atoms. The van der Waals surface area contributed by atoms with Gasteiger partial charge in [0.1, 0.15) is 0 Å². The molecule has 2 atom stereocenters. The fraction of sp³-hybridized carbons (Fsp3) is 0.625. The van der Waals surface area contributed by atoms with Gasteiger partial charge in [-0.3, -0.25) is 9.78 Å². The summed E-state index contributed by atoms with van der Waals surface area (Å²) in [4.78, 5) is 18.9. The molecule has 0 spiro atoms. The quantitative estimate of drug-likeness (QED) is 0.817. The summed E-state index contributed by atoms with van der Waals surface area (Å²) in [5, 5.41) is 0.